The Labute approximate surface area is 128 Å². The lowest BCUT2D eigenvalue weighted by molar-refractivity contribution is 0.558. The van der Waals surface area contributed by atoms with Gasteiger partial charge < -0.3 is 5.32 Å². The normalized spacial score (nSPS) is 10.8. The highest BCUT2D eigenvalue weighted by Crippen LogP contribution is 2.18. The number of hydrogen-bond donors (Lipinski definition) is 1. The van der Waals surface area contributed by atoms with E-state index in [4.69, 9.17) is 0 Å². The van der Waals surface area contributed by atoms with Crippen LogP contribution in [0.15, 0.2) is 18.2 Å². The van der Waals surface area contributed by atoms with Gasteiger partial charge in [0.25, 0.3) is 0 Å². The van der Waals surface area contributed by atoms with Crippen LogP contribution in [-0.4, -0.2) is 6.54 Å². The van der Waals surface area contributed by atoms with Crippen LogP contribution in [0.4, 0.5) is 14.5 Å². The molecule has 1 N–H and O–H groups in total. The number of benzene rings is 1. The Bertz CT molecular complexity index is 359. The van der Waals surface area contributed by atoms with Crippen molar-refractivity contribution >= 4 is 5.69 Å². The fourth-order valence-corrected chi connectivity index (χ4v) is 2.49. The molecule has 0 fully saturated rings. The lowest BCUT2D eigenvalue weighted by atomic mass is 10.1. The first kappa shape index (κ1) is 17.9. The van der Waals surface area contributed by atoms with Crippen molar-refractivity contribution in [2.45, 2.75) is 71.1 Å². The first-order chi connectivity index (χ1) is 10.3. The summed E-state index contributed by atoms with van der Waals surface area (Å²) in [5.74, 6) is -1.02. The second kappa shape index (κ2) is 11.5. The quantitative estimate of drug-likeness (QED) is 0.446. The fourth-order valence-electron chi connectivity index (χ4n) is 2.49. The first-order valence-electron chi connectivity index (χ1n) is 8.43. The maximum atomic E-state index is 13.4. The molecule has 3 heteroatoms. The van der Waals surface area contributed by atoms with Gasteiger partial charge in [-0.05, 0) is 18.6 Å². The summed E-state index contributed by atoms with van der Waals surface area (Å²) >= 11 is 0. The maximum absolute atomic E-state index is 13.4. The van der Waals surface area contributed by atoms with Gasteiger partial charge in [-0.3, -0.25) is 0 Å². The monoisotopic (exact) mass is 297 g/mol. The molecule has 0 saturated carbocycles. The minimum Gasteiger partial charge on any atom is -0.380 e. The van der Waals surface area contributed by atoms with Gasteiger partial charge >= 0.3 is 0 Å². The lowest BCUT2D eigenvalue weighted by Crippen LogP contribution is -2.05. The predicted octanol–water partition coefficient (Wildman–Crippen LogP) is 6.30. The summed E-state index contributed by atoms with van der Waals surface area (Å²) in [6, 6.07) is 3.95. The van der Waals surface area contributed by atoms with E-state index in [0.717, 1.165) is 12.8 Å². The van der Waals surface area contributed by atoms with Crippen molar-refractivity contribution in [3.05, 3.63) is 29.8 Å². The summed E-state index contributed by atoms with van der Waals surface area (Å²) in [5.41, 5.74) is 0.00780. The number of nitrogens with one attached hydrogen (secondary N) is 1. The summed E-state index contributed by atoms with van der Waals surface area (Å²) in [7, 11) is 0. The van der Waals surface area contributed by atoms with Crippen molar-refractivity contribution in [3.63, 3.8) is 0 Å². The van der Waals surface area contributed by atoms with Crippen molar-refractivity contribution in [2.24, 2.45) is 0 Å². The average Bonchev–Trinajstić information content (AvgIpc) is 2.47. The summed E-state index contributed by atoms with van der Waals surface area (Å²) in [5, 5.41) is 2.86. The Morgan fingerprint density at radius 1 is 0.762 bits per heavy atom. The Kier molecular flexibility index (Phi) is 9.84. The summed E-state index contributed by atoms with van der Waals surface area (Å²) in [6.45, 7) is 2.87. The predicted molar refractivity (Wildman–Crippen MR) is 86.7 cm³/mol. The largest absolute Gasteiger partial charge is 0.380 e. The third kappa shape index (κ3) is 8.03. The molecule has 0 radical (unpaired) electrons. The number of unbranched alkanes of at least 4 members (excludes halogenated alkanes) is 9. The SMILES string of the molecule is CCCCCCCCCCCCNc1c(F)cccc1F. The Morgan fingerprint density at radius 2 is 1.24 bits per heavy atom. The maximum Gasteiger partial charge on any atom is 0.149 e. The van der Waals surface area contributed by atoms with Crippen LogP contribution in [0.3, 0.4) is 0 Å². The van der Waals surface area contributed by atoms with Crippen LogP contribution in [0.2, 0.25) is 0 Å². The fraction of sp³-hybridized carbons (Fsp3) is 0.667. The molecule has 0 bridgehead atoms. The molecule has 0 aliphatic carbocycles. The smallest absolute Gasteiger partial charge is 0.149 e. The number of halogens is 2. The topological polar surface area (TPSA) is 12.0 Å². The van der Waals surface area contributed by atoms with Crippen molar-refractivity contribution in [3.8, 4) is 0 Å². The number of anilines is 1. The number of rotatable bonds is 12. The highest BCUT2D eigenvalue weighted by atomic mass is 19.1. The highest BCUT2D eigenvalue weighted by molar-refractivity contribution is 5.45. The number of hydrogen-bond acceptors (Lipinski definition) is 1. The zero-order valence-electron chi connectivity index (χ0n) is 13.3. The van der Waals surface area contributed by atoms with E-state index in [0.29, 0.717) is 6.54 Å². The van der Waals surface area contributed by atoms with Crippen LogP contribution in [0.5, 0.6) is 0 Å². The molecular weight excluding hydrogens is 268 g/mol. The molecular formula is C18H29F2N. The summed E-state index contributed by atoms with van der Waals surface area (Å²) in [4.78, 5) is 0. The molecule has 0 unspecified atom stereocenters. The van der Waals surface area contributed by atoms with Crippen LogP contribution in [0.25, 0.3) is 0 Å². The van der Waals surface area contributed by atoms with Crippen LogP contribution in [0, 0.1) is 11.6 Å². The minimum absolute atomic E-state index is 0.00780. The molecule has 0 aliphatic heterocycles. The van der Waals surface area contributed by atoms with Gasteiger partial charge in [0.2, 0.25) is 0 Å². The van der Waals surface area contributed by atoms with Gasteiger partial charge in [0, 0.05) is 6.54 Å². The number of para-hydroxylation sites is 1. The van der Waals surface area contributed by atoms with Gasteiger partial charge in [0.15, 0.2) is 0 Å². The Hall–Kier alpha value is -1.12. The van der Waals surface area contributed by atoms with E-state index in [1.807, 2.05) is 0 Å². The van der Waals surface area contributed by atoms with Gasteiger partial charge in [0.1, 0.15) is 17.3 Å². The van der Waals surface area contributed by atoms with Crippen molar-refractivity contribution in [1.82, 2.24) is 0 Å². The molecule has 1 nitrogen and oxygen atoms in total. The van der Waals surface area contributed by atoms with E-state index >= 15 is 0 Å². The van der Waals surface area contributed by atoms with E-state index in [2.05, 4.69) is 12.2 Å². The molecule has 1 aromatic carbocycles. The molecule has 0 aliphatic rings. The molecule has 21 heavy (non-hydrogen) atoms. The van der Waals surface area contributed by atoms with E-state index in [9.17, 15) is 8.78 Å². The van der Waals surface area contributed by atoms with E-state index in [-0.39, 0.29) is 5.69 Å². The van der Waals surface area contributed by atoms with E-state index in [1.165, 1.54) is 69.6 Å². The van der Waals surface area contributed by atoms with E-state index < -0.39 is 11.6 Å². The standard InChI is InChI=1S/C18H29F2N/c1-2-3-4-5-6-7-8-9-10-11-15-21-18-16(19)13-12-14-17(18)20/h12-14,21H,2-11,15H2,1H3. The van der Waals surface area contributed by atoms with Crippen molar-refractivity contribution in [2.75, 3.05) is 11.9 Å². The zero-order chi connectivity index (χ0) is 15.3. The second-order valence-electron chi connectivity index (χ2n) is 5.71. The van der Waals surface area contributed by atoms with Crippen LogP contribution in [0.1, 0.15) is 71.1 Å². The average molecular weight is 297 g/mol. The molecule has 0 amide bonds. The van der Waals surface area contributed by atoms with Gasteiger partial charge in [0.05, 0.1) is 0 Å². The third-order valence-electron chi connectivity index (χ3n) is 3.79. The molecule has 0 heterocycles. The third-order valence-corrected chi connectivity index (χ3v) is 3.79. The molecule has 1 aromatic rings. The van der Waals surface area contributed by atoms with Crippen molar-refractivity contribution in [1.29, 1.82) is 0 Å². The summed E-state index contributed by atoms with van der Waals surface area (Å²) < 4.78 is 26.7. The van der Waals surface area contributed by atoms with Gasteiger partial charge in [-0.25, -0.2) is 8.78 Å². The molecule has 120 valence electrons. The molecule has 0 aromatic heterocycles. The lowest BCUT2D eigenvalue weighted by Gasteiger charge is -2.08. The summed E-state index contributed by atoms with van der Waals surface area (Å²) in [6.07, 6.45) is 12.6. The minimum atomic E-state index is -0.512. The van der Waals surface area contributed by atoms with E-state index in [1.54, 1.807) is 0 Å². The zero-order valence-corrected chi connectivity index (χ0v) is 13.3. The van der Waals surface area contributed by atoms with Crippen molar-refractivity contribution < 1.29 is 8.78 Å². The van der Waals surface area contributed by atoms with Gasteiger partial charge in [-0.15, -0.1) is 0 Å². The van der Waals surface area contributed by atoms with Crippen LogP contribution >= 0.6 is 0 Å². The Balaban J connectivity index is 1.95. The van der Waals surface area contributed by atoms with Crippen LogP contribution in [-0.2, 0) is 0 Å². The molecule has 1 rings (SSSR count). The molecule has 0 saturated heterocycles. The van der Waals surface area contributed by atoms with Gasteiger partial charge in [-0.2, -0.15) is 0 Å². The first-order valence-corrected chi connectivity index (χ1v) is 8.43. The second-order valence-corrected chi connectivity index (χ2v) is 5.71. The Morgan fingerprint density at radius 3 is 1.76 bits per heavy atom. The van der Waals surface area contributed by atoms with Gasteiger partial charge in [-0.1, -0.05) is 70.8 Å². The molecule has 0 spiro atoms. The highest BCUT2D eigenvalue weighted by Gasteiger charge is 2.06. The van der Waals surface area contributed by atoms with Crippen LogP contribution < -0.4 is 5.32 Å². The molecule has 0 atom stereocenters.